The summed E-state index contributed by atoms with van der Waals surface area (Å²) < 4.78 is 0. The zero-order valence-corrected chi connectivity index (χ0v) is 11.3. The number of halogens is 1. The highest BCUT2D eigenvalue weighted by Crippen LogP contribution is 2.18. The van der Waals surface area contributed by atoms with Gasteiger partial charge in [-0.15, -0.1) is 0 Å². The van der Waals surface area contributed by atoms with E-state index in [9.17, 15) is 5.11 Å². The molecule has 90 valence electrons. The lowest BCUT2D eigenvalue weighted by molar-refractivity contribution is 0.130. The van der Waals surface area contributed by atoms with Crippen molar-refractivity contribution >= 4 is 23.4 Å². The summed E-state index contributed by atoms with van der Waals surface area (Å²) in [5.41, 5.74) is 0.878. The van der Waals surface area contributed by atoms with E-state index in [0.29, 0.717) is 11.6 Å². The van der Waals surface area contributed by atoms with Crippen LogP contribution < -0.4 is 0 Å². The van der Waals surface area contributed by atoms with Gasteiger partial charge in [0.2, 0.25) is 0 Å². The third kappa shape index (κ3) is 4.74. The van der Waals surface area contributed by atoms with E-state index in [0.717, 1.165) is 17.9 Å². The number of nitrogens with zero attached hydrogens (tertiary/aromatic N) is 1. The number of aliphatic hydroxyl groups excluding tert-OH is 1. The Morgan fingerprint density at radius 1 is 1.50 bits per heavy atom. The number of hydrogen-bond donors (Lipinski definition) is 1. The highest BCUT2D eigenvalue weighted by atomic mass is 35.5. The third-order valence-corrected chi connectivity index (χ3v) is 3.22. The molecule has 1 aromatic carbocycles. The first-order chi connectivity index (χ1) is 7.63. The van der Waals surface area contributed by atoms with Gasteiger partial charge < -0.3 is 10.0 Å². The van der Waals surface area contributed by atoms with Gasteiger partial charge in [-0.05, 0) is 31.0 Å². The van der Waals surface area contributed by atoms with Crippen molar-refractivity contribution in [3.05, 3.63) is 34.9 Å². The van der Waals surface area contributed by atoms with Crippen LogP contribution in [-0.4, -0.2) is 42.2 Å². The van der Waals surface area contributed by atoms with E-state index in [4.69, 9.17) is 11.6 Å². The van der Waals surface area contributed by atoms with Crippen LogP contribution in [0.2, 0.25) is 5.02 Å². The summed E-state index contributed by atoms with van der Waals surface area (Å²) in [6, 6.07) is 7.39. The second kappa shape index (κ2) is 7.17. The lowest BCUT2D eigenvalue weighted by atomic mass is 10.1. The van der Waals surface area contributed by atoms with Gasteiger partial charge in [-0.3, -0.25) is 0 Å². The van der Waals surface area contributed by atoms with Crippen LogP contribution in [0.3, 0.4) is 0 Å². The minimum absolute atomic E-state index is 0.467. The molecule has 4 heteroatoms. The molecular weight excluding hydrogens is 242 g/mol. The maximum Gasteiger partial charge on any atom is 0.0917 e. The molecule has 0 aliphatic carbocycles. The van der Waals surface area contributed by atoms with E-state index in [1.807, 2.05) is 43.1 Å². The summed E-state index contributed by atoms with van der Waals surface area (Å²) in [4.78, 5) is 2.13. The molecule has 0 saturated carbocycles. The fourth-order valence-electron chi connectivity index (χ4n) is 1.45. The summed E-state index contributed by atoms with van der Waals surface area (Å²) in [6.45, 7) is 1.62. The highest BCUT2D eigenvalue weighted by molar-refractivity contribution is 7.98. The van der Waals surface area contributed by atoms with Gasteiger partial charge in [0.1, 0.15) is 0 Å². The van der Waals surface area contributed by atoms with Gasteiger partial charge >= 0.3 is 0 Å². The quantitative estimate of drug-likeness (QED) is 0.850. The van der Waals surface area contributed by atoms with Crippen LogP contribution in [0.5, 0.6) is 0 Å². The first-order valence-electron chi connectivity index (χ1n) is 5.24. The monoisotopic (exact) mass is 259 g/mol. The zero-order chi connectivity index (χ0) is 12.0. The van der Waals surface area contributed by atoms with Crippen molar-refractivity contribution in [1.29, 1.82) is 0 Å². The summed E-state index contributed by atoms with van der Waals surface area (Å²) >= 11 is 7.69. The Kier molecular flexibility index (Phi) is 6.21. The summed E-state index contributed by atoms with van der Waals surface area (Å²) in [5, 5.41) is 10.7. The van der Waals surface area contributed by atoms with Crippen LogP contribution in [0.25, 0.3) is 0 Å². The Morgan fingerprint density at radius 3 is 2.88 bits per heavy atom. The lowest BCUT2D eigenvalue weighted by Crippen LogP contribution is -2.26. The maximum atomic E-state index is 10.0. The van der Waals surface area contributed by atoms with Gasteiger partial charge in [0.05, 0.1) is 6.10 Å². The molecule has 0 radical (unpaired) electrons. The van der Waals surface area contributed by atoms with Crippen molar-refractivity contribution < 1.29 is 5.11 Å². The normalized spacial score (nSPS) is 13.1. The second-order valence-corrected chi connectivity index (χ2v) is 5.25. The summed E-state index contributed by atoms with van der Waals surface area (Å²) in [6.07, 6.45) is 1.62. The Bertz CT molecular complexity index is 322. The molecule has 0 fully saturated rings. The molecule has 0 spiro atoms. The number of rotatable bonds is 6. The first kappa shape index (κ1) is 13.8. The Hall–Kier alpha value is -0.220. The number of benzene rings is 1. The van der Waals surface area contributed by atoms with Crippen LogP contribution in [0.1, 0.15) is 11.7 Å². The molecule has 1 rings (SSSR count). The Morgan fingerprint density at radius 2 is 2.25 bits per heavy atom. The molecule has 0 aliphatic heterocycles. The van der Waals surface area contributed by atoms with Gasteiger partial charge in [0, 0.05) is 23.9 Å². The molecule has 1 N–H and O–H groups in total. The second-order valence-electron chi connectivity index (χ2n) is 3.83. The molecular formula is C12H18ClNOS. The van der Waals surface area contributed by atoms with E-state index in [1.54, 1.807) is 0 Å². The Balaban J connectivity index is 2.48. The van der Waals surface area contributed by atoms with Crippen molar-refractivity contribution in [2.24, 2.45) is 0 Å². The molecule has 0 aromatic heterocycles. The molecule has 0 saturated heterocycles. The fraction of sp³-hybridized carbons (Fsp3) is 0.500. The van der Waals surface area contributed by atoms with Crippen LogP contribution in [-0.2, 0) is 0 Å². The molecule has 1 aromatic rings. The SMILES string of the molecule is CSCCN(C)CC(O)c1cccc(Cl)c1. The average Bonchev–Trinajstić information content (AvgIpc) is 2.26. The topological polar surface area (TPSA) is 23.5 Å². The van der Waals surface area contributed by atoms with Crippen LogP contribution >= 0.6 is 23.4 Å². The van der Waals surface area contributed by atoms with E-state index < -0.39 is 6.10 Å². The van der Waals surface area contributed by atoms with Crippen molar-refractivity contribution in [3.8, 4) is 0 Å². The minimum atomic E-state index is -0.467. The van der Waals surface area contributed by atoms with E-state index in [2.05, 4.69) is 11.2 Å². The van der Waals surface area contributed by atoms with Crippen molar-refractivity contribution in [2.75, 3.05) is 32.1 Å². The first-order valence-corrected chi connectivity index (χ1v) is 7.01. The van der Waals surface area contributed by atoms with Crippen molar-refractivity contribution in [3.63, 3.8) is 0 Å². The lowest BCUT2D eigenvalue weighted by Gasteiger charge is -2.20. The van der Waals surface area contributed by atoms with Gasteiger partial charge in [0.15, 0.2) is 0 Å². The highest BCUT2D eigenvalue weighted by Gasteiger charge is 2.10. The average molecular weight is 260 g/mol. The zero-order valence-electron chi connectivity index (χ0n) is 9.69. The molecule has 1 atom stereocenters. The van der Waals surface area contributed by atoms with Crippen LogP contribution in [0, 0.1) is 0 Å². The van der Waals surface area contributed by atoms with Gasteiger partial charge in [-0.1, -0.05) is 23.7 Å². The summed E-state index contributed by atoms with van der Waals surface area (Å²) in [7, 11) is 2.02. The predicted molar refractivity (Wildman–Crippen MR) is 72.3 cm³/mol. The Labute approximate surface area is 107 Å². The molecule has 2 nitrogen and oxygen atoms in total. The van der Waals surface area contributed by atoms with Crippen LogP contribution in [0.15, 0.2) is 24.3 Å². The van der Waals surface area contributed by atoms with E-state index in [-0.39, 0.29) is 0 Å². The summed E-state index contributed by atoms with van der Waals surface area (Å²) in [5.74, 6) is 1.08. The van der Waals surface area contributed by atoms with Crippen molar-refractivity contribution in [1.82, 2.24) is 4.90 Å². The smallest absolute Gasteiger partial charge is 0.0917 e. The van der Waals surface area contributed by atoms with Gasteiger partial charge in [-0.2, -0.15) is 11.8 Å². The minimum Gasteiger partial charge on any atom is -0.387 e. The molecule has 1 unspecified atom stereocenters. The molecule has 0 amide bonds. The molecule has 0 heterocycles. The standard InChI is InChI=1S/C12H18ClNOS/c1-14(6-7-16-2)9-12(15)10-4-3-5-11(13)8-10/h3-5,8,12,15H,6-7,9H2,1-2H3. The maximum absolute atomic E-state index is 10.0. The largest absolute Gasteiger partial charge is 0.387 e. The predicted octanol–water partition coefficient (Wildman–Crippen LogP) is 2.67. The number of thioether (sulfide) groups is 1. The number of likely N-dealkylation sites (N-methyl/N-ethyl adjacent to an activating group) is 1. The fourth-order valence-corrected chi connectivity index (χ4v) is 2.15. The van der Waals surface area contributed by atoms with E-state index in [1.165, 1.54) is 0 Å². The molecule has 16 heavy (non-hydrogen) atoms. The van der Waals surface area contributed by atoms with Crippen LogP contribution in [0.4, 0.5) is 0 Å². The van der Waals surface area contributed by atoms with Gasteiger partial charge in [0.25, 0.3) is 0 Å². The molecule has 0 bridgehead atoms. The van der Waals surface area contributed by atoms with Crippen molar-refractivity contribution in [2.45, 2.75) is 6.10 Å². The third-order valence-electron chi connectivity index (χ3n) is 2.40. The van der Waals surface area contributed by atoms with E-state index >= 15 is 0 Å². The molecule has 0 aliphatic rings. The number of aliphatic hydroxyl groups is 1. The number of hydrogen-bond acceptors (Lipinski definition) is 3. The van der Waals surface area contributed by atoms with Gasteiger partial charge in [-0.25, -0.2) is 0 Å².